The van der Waals surface area contributed by atoms with E-state index in [1.54, 1.807) is 0 Å². The number of imidazole rings is 1. The summed E-state index contributed by atoms with van der Waals surface area (Å²) in [5, 5.41) is 14.7. The van der Waals surface area contributed by atoms with Crippen LogP contribution in [0.25, 0.3) is 33.5 Å². The molecule has 2 aromatic heterocycles. The second-order valence-corrected chi connectivity index (χ2v) is 9.47. The van der Waals surface area contributed by atoms with Gasteiger partial charge in [-0.15, -0.1) is 0 Å². The lowest BCUT2D eigenvalue weighted by atomic mass is 9.91. The maximum Gasteiger partial charge on any atom is 0.319 e. The fourth-order valence-electron chi connectivity index (χ4n) is 5.23. The predicted molar refractivity (Wildman–Crippen MR) is 143 cm³/mol. The van der Waals surface area contributed by atoms with E-state index in [0.29, 0.717) is 11.5 Å². The minimum atomic E-state index is -0.226. The van der Waals surface area contributed by atoms with Crippen molar-refractivity contribution in [2.24, 2.45) is 0 Å². The van der Waals surface area contributed by atoms with E-state index in [0.717, 1.165) is 46.2 Å². The van der Waals surface area contributed by atoms with E-state index < -0.39 is 0 Å². The standard InChI is InChI=1S/C28H29N7O/c1-35-16-8-7-13-24(35)25(18-9-3-2-4-10-18)32-28(36)29-19-14-15-21-20(17-19)26(34-33-21)27-30-22-11-5-6-12-23(22)31-27/h2-6,9-12,14-15,17,24-25H,7-8,13,16H2,1H3,(H,30,31)(H,33,34)(H2,29,32,36)/t24-,25?/m0/s1. The van der Waals surface area contributed by atoms with E-state index in [9.17, 15) is 4.79 Å². The molecule has 3 heterocycles. The predicted octanol–water partition coefficient (Wildman–Crippen LogP) is 5.45. The molecule has 0 radical (unpaired) electrons. The first kappa shape index (κ1) is 22.3. The molecule has 1 unspecified atom stereocenters. The number of fused-ring (bicyclic) bond motifs is 2. The fraction of sp³-hybridized carbons (Fsp3) is 0.250. The number of anilines is 1. The van der Waals surface area contributed by atoms with Crippen LogP contribution in [0, 0.1) is 0 Å². The molecular formula is C28H29N7O. The minimum absolute atomic E-state index is 0.0970. The summed E-state index contributed by atoms with van der Waals surface area (Å²) in [6, 6.07) is 23.8. The summed E-state index contributed by atoms with van der Waals surface area (Å²) in [5.41, 5.74) is 5.25. The number of carbonyl (C=O) groups excluding carboxylic acids is 1. The highest BCUT2D eigenvalue weighted by molar-refractivity contribution is 5.98. The molecule has 8 nitrogen and oxygen atoms in total. The zero-order valence-corrected chi connectivity index (χ0v) is 20.2. The molecule has 36 heavy (non-hydrogen) atoms. The summed E-state index contributed by atoms with van der Waals surface area (Å²) >= 11 is 0. The Morgan fingerprint density at radius 2 is 1.86 bits per heavy atom. The molecule has 0 spiro atoms. The van der Waals surface area contributed by atoms with Crippen molar-refractivity contribution in [1.82, 2.24) is 30.4 Å². The van der Waals surface area contributed by atoms with Gasteiger partial charge in [-0.2, -0.15) is 5.10 Å². The number of amides is 2. The third-order valence-electron chi connectivity index (χ3n) is 7.09. The van der Waals surface area contributed by atoms with Crippen molar-refractivity contribution < 1.29 is 4.79 Å². The molecule has 4 N–H and O–H groups in total. The first-order valence-electron chi connectivity index (χ1n) is 12.4. The van der Waals surface area contributed by atoms with Crippen molar-refractivity contribution in [3.05, 3.63) is 78.4 Å². The van der Waals surface area contributed by atoms with Crippen LogP contribution in [0.15, 0.2) is 72.8 Å². The molecular weight excluding hydrogens is 450 g/mol. The van der Waals surface area contributed by atoms with Crippen LogP contribution < -0.4 is 10.6 Å². The van der Waals surface area contributed by atoms with Gasteiger partial charge in [-0.05, 0) is 62.3 Å². The molecule has 1 saturated heterocycles. The third kappa shape index (κ3) is 4.31. The van der Waals surface area contributed by atoms with Gasteiger partial charge in [0.15, 0.2) is 5.82 Å². The highest BCUT2D eigenvalue weighted by Gasteiger charge is 2.30. The van der Waals surface area contributed by atoms with E-state index in [2.05, 4.69) is 54.9 Å². The molecule has 3 aromatic carbocycles. The van der Waals surface area contributed by atoms with Gasteiger partial charge in [0.1, 0.15) is 5.69 Å². The molecule has 2 atom stereocenters. The topological polar surface area (TPSA) is 102 Å². The molecule has 182 valence electrons. The van der Waals surface area contributed by atoms with E-state index in [-0.39, 0.29) is 18.1 Å². The maximum atomic E-state index is 13.2. The van der Waals surface area contributed by atoms with E-state index >= 15 is 0 Å². The number of likely N-dealkylation sites (tertiary alicyclic amines) is 1. The van der Waals surface area contributed by atoms with E-state index in [1.807, 2.05) is 60.7 Å². The van der Waals surface area contributed by atoms with Crippen LogP contribution in [0.2, 0.25) is 0 Å². The molecule has 1 aliphatic heterocycles. The Morgan fingerprint density at radius 3 is 2.69 bits per heavy atom. The average Bonchev–Trinajstić information content (AvgIpc) is 3.52. The number of nitrogens with zero attached hydrogens (tertiary/aromatic N) is 3. The second kappa shape index (κ2) is 9.47. The Hall–Kier alpha value is -4.17. The Labute approximate surface area is 209 Å². The molecule has 2 amide bonds. The van der Waals surface area contributed by atoms with Crippen LogP contribution in [0.4, 0.5) is 10.5 Å². The summed E-state index contributed by atoms with van der Waals surface area (Å²) in [4.78, 5) is 23.6. The van der Waals surface area contributed by atoms with Gasteiger partial charge in [0.25, 0.3) is 0 Å². The SMILES string of the molecule is CN1CCCC[C@H]1C(NC(=O)Nc1ccc2[nH]nc(-c3nc4ccccc4[nH]3)c2c1)c1ccccc1. The van der Waals surface area contributed by atoms with Crippen molar-refractivity contribution in [3.63, 3.8) is 0 Å². The lowest BCUT2D eigenvalue weighted by Gasteiger charge is -2.38. The Bertz CT molecular complexity index is 1470. The number of para-hydroxylation sites is 2. The third-order valence-corrected chi connectivity index (χ3v) is 7.09. The van der Waals surface area contributed by atoms with Gasteiger partial charge in [-0.1, -0.05) is 48.9 Å². The zero-order valence-electron chi connectivity index (χ0n) is 20.2. The van der Waals surface area contributed by atoms with Crippen LogP contribution in [0.3, 0.4) is 0 Å². The minimum Gasteiger partial charge on any atom is -0.337 e. The lowest BCUT2D eigenvalue weighted by Crippen LogP contribution is -2.47. The van der Waals surface area contributed by atoms with Crippen LogP contribution in [-0.2, 0) is 0 Å². The zero-order chi connectivity index (χ0) is 24.5. The monoisotopic (exact) mass is 479 g/mol. The molecule has 0 aliphatic carbocycles. The molecule has 6 rings (SSSR count). The van der Waals surface area contributed by atoms with Crippen molar-refractivity contribution >= 4 is 33.7 Å². The van der Waals surface area contributed by atoms with Crippen LogP contribution in [0.1, 0.15) is 30.9 Å². The van der Waals surface area contributed by atoms with E-state index in [1.165, 1.54) is 12.8 Å². The highest BCUT2D eigenvalue weighted by Crippen LogP contribution is 2.30. The number of aromatic amines is 2. The second-order valence-electron chi connectivity index (χ2n) is 9.47. The number of piperidine rings is 1. The highest BCUT2D eigenvalue weighted by atomic mass is 16.2. The van der Waals surface area contributed by atoms with Gasteiger partial charge in [0, 0.05) is 17.1 Å². The summed E-state index contributed by atoms with van der Waals surface area (Å²) in [5.74, 6) is 0.688. The number of rotatable bonds is 5. The number of hydrogen-bond acceptors (Lipinski definition) is 4. The Kier molecular flexibility index (Phi) is 5.87. The Balaban J connectivity index is 1.25. The average molecular weight is 480 g/mol. The van der Waals surface area contributed by atoms with Crippen molar-refractivity contribution in [2.75, 3.05) is 18.9 Å². The van der Waals surface area contributed by atoms with Crippen LogP contribution in [0.5, 0.6) is 0 Å². The largest absolute Gasteiger partial charge is 0.337 e. The first-order valence-corrected chi connectivity index (χ1v) is 12.4. The van der Waals surface area contributed by atoms with Crippen molar-refractivity contribution in [1.29, 1.82) is 0 Å². The number of urea groups is 1. The van der Waals surface area contributed by atoms with Gasteiger partial charge in [-0.25, -0.2) is 9.78 Å². The number of aromatic nitrogens is 4. The summed E-state index contributed by atoms with van der Waals surface area (Å²) in [6.45, 7) is 1.04. The maximum absolute atomic E-state index is 13.2. The lowest BCUT2D eigenvalue weighted by molar-refractivity contribution is 0.147. The molecule has 8 heteroatoms. The smallest absolute Gasteiger partial charge is 0.319 e. The fourth-order valence-corrected chi connectivity index (χ4v) is 5.23. The molecule has 5 aromatic rings. The first-order chi connectivity index (χ1) is 17.7. The van der Waals surface area contributed by atoms with Crippen molar-refractivity contribution in [3.8, 4) is 11.5 Å². The number of nitrogens with one attached hydrogen (secondary N) is 4. The number of carbonyl (C=O) groups is 1. The molecule has 1 aliphatic rings. The van der Waals surface area contributed by atoms with E-state index in [4.69, 9.17) is 0 Å². The van der Waals surface area contributed by atoms with Gasteiger partial charge in [0.2, 0.25) is 0 Å². The molecule has 1 fully saturated rings. The van der Waals surface area contributed by atoms with Gasteiger partial charge in [-0.3, -0.25) is 5.10 Å². The molecule has 0 saturated carbocycles. The van der Waals surface area contributed by atoms with Crippen LogP contribution >= 0.6 is 0 Å². The number of H-pyrrole nitrogens is 2. The number of hydrogen-bond donors (Lipinski definition) is 4. The number of likely N-dealkylation sites (N-methyl/N-ethyl adjacent to an activating group) is 1. The summed E-state index contributed by atoms with van der Waals surface area (Å²) in [6.07, 6.45) is 3.42. The van der Waals surface area contributed by atoms with Crippen LogP contribution in [-0.4, -0.2) is 50.7 Å². The summed E-state index contributed by atoms with van der Waals surface area (Å²) < 4.78 is 0. The normalized spacial score (nSPS) is 17.3. The van der Waals surface area contributed by atoms with Gasteiger partial charge >= 0.3 is 6.03 Å². The van der Waals surface area contributed by atoms with Gasteiger partial charge < -0.3 is 20.5 Å². The number of benzene rings is 3. The quantitative estimate of drug-likeness (QED) is 0.269. The van der Waals surface area contributed by atoms with Gasteiger partial charge in [0.05, 0.1) is 22.6 Å². The molecule has 0 bridgehead atoms. The van der Waals surface area contributed by atoms with Crippen molar-refractivity contribution in [2.45, 2.75) is 31.3 Å². The summed E-state index contributed by atoms with van der Waals surface area (Å²) in [7, 11) is 2.14. The Morgan fingerprint density at radius 1 is 1.03 bits per heavy atom.